The lowest BCUT2D eigenvalue weighted by Crippen LogP contribution is -2.42. The van der Waals surface area contributed by atoms with Crippen molar-refractivity contribution in [2.75, 3.05) is 24.5 Å². The summed E-state index contributed by atoms with van der Waals surface area (Å²) in [6, 6.07) is 2.48. The normalized spacial score (nSPS) is 17.0. The summed E-state index contributed by atoms with van der Waals surface area (Å²) >= 11 is 0. The molecule has 3 heterocycles. The number of hydrogen-bond donors (Lipinski definition) is 2. The first-order valence-corrected chi connectivity index (χ1v) is 7.12. The fraction of sp³-hybridized carbons (Fsp3) is 0.615. The third-order valence-corrected chi connectivity index (χ3v) is 3.87. The van der Waals surface area contributed by atoms with Gasteiger partial charge in [-0.15, -0.1) is 0 Å². The lowest BCUT2D eigenvalue weighted by atomic mass is 10.1. The largest absolute Gasteiger partial charge is 0.356 e. The van der Waals surface area contributed by atoms with E-state index in [2.05, 4.69) is 32.3 Å². The highest BCUT2D eigenvalue weighted by molar-refractivity contribution is 5.51. The lowest BCUT2D eigenvalue weighted by molar-refractivity contribution is 0.422. The van der Waals surface area contributed by atoms with Gasteiger partial charge in [-0.3, -0.25) is 0 Å². The van der Waals surface area contributed by atoms with Crippen LogP contribution < -0.4 is 15.9 Å². The van der Waals surface area contributed by atoms with Crippen LogP contribution in [0.2, 0.25) is 0 Å². The second kappa shape index (κ2) is 5.24. The van der Waals surface area contributed by atoms with Gasteiger partial charge >= 0.3 is 5.69 Å². The summed E-state index contributed by atoms with van der Waals surface area (Å²) in [7, 11) is 0. The molecule has 0 amide bonds. The number of hydrogen-bond acceptors (Lipinski definition) is 5. The number of aromatic nitrogens is 4. The number of rotatable bonds is 3. The van der Waals surface area contributed by atoms with E-state index in [0.717, 1.165) is 38.3 Å². The number of fused-ring (bicyclic) bond motifs is 1. The van der Waals surface area contributed by atoms with E-state index < -0.39 is 0 Å². The van der Waals surface area contributed by atoms with Crippen LogP contribution in [-0.2, 0) is 0 Å². The molecule has 3 rings (SSSR count). The van der Waals surface area contributed by atoms with Gasteiger partial charge in [0.25, 0.3) is 0 Å². The Kier molecular flexibility index (Phi) is 3.43. The second-order valence-corrected chi connectivity index (χ2v) is 5.20. The number of piperidine rings is 1. The quantitative estimate of drug-likeness (QED) is 0.843. The first-order chi connectivity index (χ1) is 9.69. The zero-order chi connectivity index (χ0) is 14.1. The van der Waals surface area contributed by atoms with Crippen LogP contribution in [-0.4, -0.2) is 45.3 Å². The fourth-order valence-electron chi connectivity index (χ4n) is 2.85. The standard InChI is InChI=1S/C13H20N6O/c1-3-14-10-4-6-18(7-5-10)11-8-12-16-17-13(20)19(12)9(2)15-11/h8,10,14H,3-7H2,1-2H3,(H,17,20). The molecule has 0 spiro atoms. The lowest BCUT2D eigenvalue weighted by Gasteiger charge is -2.33. The van der Waals surface area contributed by atoms with Gasteiger partial charge in [0, 0.05) is 25.2 Å². The molecule has 1 aliphatic rings. The van der Waals surface area contributed by atoms with Crippen molar-refractivity contribution in [2.24, 2.45) is 0 Å². The molecule has 0 atom stereocenters. The molecule has 0 unspecified atom stereocenters. The summed E-state index contributed by atoms with van der Waals surface area (Å²) in [5.74, 6) is 1.58. The highest BCUT2D eigenvalue weighted by atomic mass is 16.1. The van der Waals surface area contributed by atoms with E-state index in [9.17, 15) is 4.79 Å². The molecule has 2 aromatic heterocycles. The summed E-state index contributed by atoms with van der Waals surface area (Å²) < 4.78 is 1.49. The number of nitrogens with one attached hydrogen (secondary N) is 2. The van der Waals surface area contributed by atoms with Gasteiger partial charge in [-0.2, -0.15) is 5.10 Å². The number of H-pyrrole nitrogens is 1. The third kappa shape index (κ3) is 2.29. The molecule has 1 saturated heterocycles. The van der Waals surface area contributed by atoms with Crippen LogP contribution in [0.15, 0.2) is 10.9 Å². The number of aromatic amines is 1. The van der Waals surface area contributed by atoms with Gasteiger partial charge in [-0.25, -0.2) is 19.3 Å². The van der Waals surface area contributed by atoms with Crippen molar-refractivity contribution in [2.45, 2.75) is 32.7 Å². The average molecular weight is 276 g/mol. The van der Waals surface area contributed by atoms with Crippen molar-refractivity contribution in [1.82, 2.24) is 24.9 Å². The van der Waals surface area contributed by atoms with Gasteiger partial charge in [0.1, 0.15) is 11.6 Å². The SMILES string of the molecule is CCNC1CCN(c2cc3n[nH]c(=O)n3c(C)n2)CC1. The molecule has 2 aromatic rings. The van der Waals surface area contributed by atoms with Gasteiger partial charge in [0.05, 0.1) is 0 Å². The zero-order valence-electron chi connectivity index (χ0n) is 11.9. The Bertz CT molecular complexity index is 652. The Morgan fingerprint density at radius 1 is 1.45 bits per heavy atom. The molecule has 108 valence electrons. The molecule has 0 aliphatic carbocycles. The minimum atomic E-state index is -0.234. The summed E-state index contributed by atoms with van der Waals surface area (Å²) in [5, 5.41) is 9.98. The van der Waals surface area contributed by atoms with Crippen molar-refractivity contribution in [3.05, 3.63) is 22.4 Å². The van der Waals surface area contributed by atoms with Crippen molar-refractivity contribution in [3.63, 3.8) is 0 Å². The Balaban J connectivity index is 1.83. The van der Waals surface area contributed by atoms with E-state index >= 15 is 0 Å². The second-order valence-electron chi connectivity index (χ2n) is 5.20. The maximum atomic E-state index is 11.6. The molecule has 7 nitrogen and oxygen atoms in total. The monoisotopic (exact) mass is 276 g/mol. The van der Waals surface area contributed by atoms with Crippen molar-refractivity contribution in [1.29, 1.82) is 0 Å². The molecule has 0 radical (unpaired) electrons. The Morgan fingerprint density at radius 3 is 2.90 bits per heavy atom. The molecule has 0 aromatic carbocycles. The maximum absolute atomic E-state index is 11.6. The predicted molar refractivity (Wildman–Crippen MR) is 77.3 cm³/mol. The van der Waals surface area contributed by atoms with E-state index in [1.807, 2.05) is 13.0 Å². The van der Waals surface area contributed by atoms with Gasteiger partial charge in [-0.1, -0.05) is 6.92 Å². The van der Waals surface area contributed by atoms with E-state index in [1.54, 1.807) is 0 Å². The van der Waals surface area contributed by atoms with Crippen LogP contribution in [0.4, 0.5) is 5.82 Å². The van der Waals surface area contributed by atoms with Crippen LogP contribution in [0, 0.1) is 6.92 Å². The Morgan fingerprint density at radius 2 is 2.20 bits per heavy atom. The van der Waals surface area contributed by atoms with Gasteiger partial charge < -0.3 is 10.2 Å². The average Bonchev–Trinajstić information content (AvgIpc) is 2.82. The fourth-order valence-corrected chi connectivity index (χ4v) is 2.85. The number of aryl methyl sites for hydroxylation is 1. The molecule has 0 saturated carbocycles. The molecule has 2 N–H and O–H groups in total. The molecule has 1 aliphatic heterocycles. The highest BCUT2D eigenvalue weighted by Crippen LogP contribution is 2.19. The van der Waals surface area contributed by atoms with Gasteiger partial charge in [-0.05, 0) is 26.3 Å². The van der Waals surface area contributed by atoms with Crippen molar-refractivity contribution < 1.29 is 0 Å². The molecule has 7 heteroatoms. The van der Waals surface area contributed by atoms with E-state index in [1.165, 1.54) is 4.40 Å². The first-order valence-electron chi connectivity index (χ1n) is 7.12. The molecular formula is C13H20N6O. The van der Waals surface area contributed by atoms with Crippen LogP contribution in [0.3, 0.4) is 0 Å². The van der Waals surface area contributed by atoms with E-state index in [0.29, 0.717) is 17.5 Å². The summed E-state index contributed by atoms with van der Waals surface area (Å²) in [4.78, 5) is 18.4. The summed E-state index contributed by atoms with van der Waals surface area (Å²) in [5.41, 5.74) is 0.397. The zero-order valence-corrected chi connectivity index (χ0v) is 11.9. The molecule has 0 bridgehead atoms. The topological polar surface area (TPSA) is 78.3 Å². The van der Waals surface area contributed by atoms with Crippen LogP contribution in [0.5, 0.6) is 0 Å². The first kappa shape index (κ1) is 13.1. The van der Waals surface area contributed by atoms with Crippen molar-refractivity contribution >= 4 is 11.5 Å². The molecule has 1 fully saturated rings. The van der Waals surface area contributed by atoms with E-state index in [4.69, 9.17) is 0 Å². The van der Waals surface area contributed by atoms with E-state index in [-0.39, 0.29) is 5.69 Å². The smallest absolute Gasteiger partial charge is 0.349 e. The predicted octanol–water partition coefficient (Wildman–Crippen LogP) is 0.304. The number of nitrogens with zero attached hydrogens (tertiary/aromatic N) is 4. The molecular weight excluding hydrogens is 256 g/mol. The maximum Gasteiger partial charge on any atom is 0.349 e. The number of anilines is 1. The van der Waals surface area contributed by atoms with Crippen LogP contribution in [0.1, 0.15) is 25.6 Å². The van der Waals surface area contributed by atoms with Gasteiger partial charge in [0.2, 0.25) is 0 Å². The molecule has 20 heavy (non-hydrogen) atoms. The highest BCUT2D eigenvalue weighted by Gasteiger charge is 2.20. The third-order valence-electron chi connectivity index (χ3n) is 3.87. The summed E-state index contributed by atoms with van der Waals surface area (Å²) in [6.45, 7) is 6.95. The van der Waals surface area contributed by atoms with Crippen molar-refractivity contribution in [3.8, 4) is 0 Å². The van der Waals surface area contributed by atoms with Gasteiger partial charge in [0.15, 0.2) is 5.65 Å². The van der Waals surface area contributed by atoms with Crippen LogP contribution >= 0.6 is 0 Å². The van der Waals surface area contributed by atoms with Crippen LogP contribution in [0.25, 0.3) is 5.65 Å². The Labute approximate surface area is 117 Å². The summed E-state index contributed by atoms with van der Waals surface area (Å²) in [6.07, 6.45) is 2.24. The minimum absolute atomic E-state index is 0.234. The Hall–Kier alpha value is -1.89. The minimum Gasteiger partial charge on any atom is -0.356 e.